The fraction of sp³-hybridized carbons (Fsp3) is 1.00. The van der Waals surface area contributed by atoms with Crippen molar-refractivity contribution >= 4 is 0 Å². The molecule has 0 aliphatic heterocycles. The van der Waals surface area contributed by atoms with Crippen LogP contribution in [0.2, 0.25) is 0 Å². The first-order chi connectivity index (χ1) is 7.31. The summed E-state index contributed by atoms with van der Waals surface area (Å²) >= 11 is 0. The van der Waals surface area contributed by atoms with Crippen LogP contribution in [0.15, 0.2) is 0 Å². The van der Waals surface area contributed by atoms with Gasteiger partial charge in [-0.2, -0.15) is 0 Å². The highest BCUT2D eigenvalue weighted by atomic mass is 14.6. The van der Waals surface area contributed by atoms with Crippen molar-refractivity contribution in [3.63, 3.8) is 0 Å². The number of hydrogen-bond donors (Lipinski definition) is 1. The first-order valence-corrected chi connectivity index (χ1v) is 7.01. The molecule has 0 aromatic rings. The molecule has 0 saturated heterocycles. The lowest BCUT2D eigenvalue weighted by atomic mass is 9.83. The lowest BCUT2D eigenvalue weighted by Crippen LogP contribution is -2.20. The molecule has 0 aromatic carbocycles. The Morgan fingerprint density at radius 2 is 1.93 bits per heavy atom. The van der Waals surface area contributed by atoms with Crippen LogP contribution in [0.1, 0.15) is 65.2 Å². The van der Waals surface area contributed by atoms with Gasteiger partial charge in [-0.1, -0.05) is 52.4 Å². The molecule has 3 atom stereocenters. The Hall–Kier alpha value is -0.0400. The van der Waals surface area contributed by atoms with Gasteiger partial charge < -0.3 is 5.73 Å². The average Bonchev–Trinajstić information content (AvgIpc) is 2.71. The van der Waals surface area contributed by atoms with Gasteiger partial charge in [0.25, 0.3) is 0 Å². The molecule has 1 heteroatoms. The predicted octanol–water partition coefficient (Wildman–Crippen LogP) is 3.97. The molecule has 0 spiro atoms. The number of unbranched alkanes of at least 4 members (excludes halogenated alkanes) is 1. The van der Waals surface area contributed by atoms with E-state index in [4.69, 9.17) is 5.73 Å². The van der Waals surface area contributed by atoms with E-state index in [-0.39, 0.29) is 0 Å². The molecule has 0 bridgehead atoms. The van der Waals surface area contributed by atoms with Gasteiger partial charge in [-0.25, -0.2) is 0 Å². The monoisotopic (exact) mass is 211 g/mol. The molecule has 15 heavy (non-hydrogen) atoms. The quantitative estimate of drug-likeness (QED) is 0.677. The molecule has 1 saturated carbocycles. The minimum absolute atomic E-state index is 0.848. The summed E-state index contributed by atoms with van der Waals surface area (Å²) < 4.78 is 0. The smallest absolute Gasteiger partial charge is 0.00462 e. The van der Waals surface area contributed by atoms with Crippen LogP contribution in [0.3, 0.4) is 0 Å². The van der Waals surface area contributed by atoms with Crippen LogP contribution in [-0.4, -0.2) is 6.54 Å². The Labute approximate surface area is 95.8 Å². The Morgan fingerprint density at radius 1 is 1.20 bits per heavy atom. The van der Waals surface area contributed by atoms with Gasteiger partial charge in [0.1, 0.15) is 0 Å². The van der Waals surface area contributed by atoms with Gasteiger partial charge in [0.2, 0.25) is 0 Å². The van der Waals surface area contributed by atoms with E-state index in [1.807, 2.05) is 0 Å². The Balaban J connectivity index is 2.29. The summed E-state index contributed by atoms with van der Waals surface area (Å²) in [6.45, 7) is 5.58. The second-order valence-corrected chi connectivity index (χ2v) is 5.34. The Bertz CT molecular complexity index is 155. The van der Waals surface area contributed by atoms with Gasteiger partial charge in [-0.05, 0) is 37.1 Å². The van der Waals surface area contributed by atoms with Gasteiger partial charge in [0.05, 0.1) is 0 Å². The normalized spacial score (nSPS) is 28.2. The first kappa shape index (κ1) is 13.0. The first-order valence-electron chi connectivity index (χ1n) is 7.01. The summed E-state index contributed by atoms with van der Waals surface area (Å²) in [5.74, 6) is 2.78. The summed E-state index contributed by atoms with van der Waals surface area (Å²) in [4.78, 5) is 0. The van der Waals surface area contributed by atoms with Crippen molar-refractivity contribution in [2.24, 2.45) is 23.5 Å². The minimum Gasteiger partial charge on any atom is -0.330 e. The number of rotatable bonds is 7. The summed E-state index contributed by atoms with van der Waals surface area (Å²) in [5.41, 5.74) is 5.84. The predicted molar refractivity (Wildman–Crippen MR) is 67.8 cm³/mol. The van der Waals surface area contributed by atoms with Crippen molar-refractivity contribution in [2.75, 3.05) is 6.54 Å². The topological polar surface area (TPSA) is 26.0 Å². The van der Waals surface area contributed by atoms with Crippen molar-refractivity contribution in [2.45, 2.75) is 65.2 Å². The molecule has 1 aliphatic rings. The lowest BCUT2D eigenvalue weighted by molar-refractivity contribution is 0.287. The van der Waals surface area contributed by atoms with E-state index in [2.05, 4.69) is 13.8 Å². The summed E-state index contributed by atoms with van der Waals surface area (Å²) in [6.07, 6.45) is 11.3. The van der Waals surface area contributed by atoms with E-state index < -0.39 is 0 Å². The zero-order valence-electron chi connectivity index (χ0n) is 10.7. The molecular formula is C14H29N. The zero-order chi connectivity index (χ0) is 11.1. The molecule has 0 radical (unpaired) electrons. The maximum Gasteiger partial charge on any atom is -0.00462 e. The molecule has 90 valence electrons. The van der Waals surface area contributed by atoms with Crippen molar-refractivity contribution in [1.29, 1.82) is 0 Å². The SMILES string of the molecule is CCCCC(CC)CC1CCCC1CN. The van der Waals surface area contributed by atoms with E-state index >= 15 is 0 Å². The molecule has 1 fully saturated rings. The largest absolute Gasteiger partial charge is 0.330 e. The van der Waals surface area contributed by atoms with E-state index in [1.54, 1.807) is 0 Å². The van der Waals surface area contributed by atoms with Crippen LogP contribution >= 0.6 is 0 Å². The maximum atomic E-state index is 5.84. The average molecular weight is 211 g/mol. The molecule has 2 N–H and O–H groups in total. The van der Waals surface area contributed by atoms with Crippen LogP contribution in [-0.2, 0) is 0 Å². The van der Waals surface area contributed by atoms with Crippen molar-refractivity contribution in [3.8, 4) is 0 Å². The molecule has 1 aliphatic carbocycles. The highest BCUT2D eigenvalue weighted by Gasteiger charge is 2.27. The fourth-order valence-corrected chi connectivity index (χ4v) is 3.14. The second kappa shape index (κ2) is 7.27. The van der Waals surface area contributed by atoms with Crippen LogP contribution in [0.5, 0.6) is 0 Å². The van der Waals surface area contributed by atoms with Gasteiger partial charge >= 0.3 is 0 Å². The van der Waals surface area contributed by atoms with Crippen molar-refractivity contribution in [3.05, 3.63) is 0 Å². The van der Waals surface area contributed by atoms with Gasteiger partial charge in [-0.15, -0.1) is 0 Å². The van der Waals surface area contributed by atoms with Crippen LogP contribution in [0.25, 0.3) is 0 Å². The van der Waals surface area contributed by atoms with Gasteiger partial charge in [0, 0.05) is 0 Å². The summed E-state index contributed by atoms with van der Waals surface area (Å²) in [6, 6.07) is 0. The minimum atomic E-state index is 0.848. The summed E-state index contributed by atoms with van der Waals surface area (Å²) in [5, 5.41) is 0. The van der Waals surface area contributed by atoms with Crippen LogP contribution in [0.4, 0.5) is 0 Å². The molecular weight excluding hydrogens is 182 g/mol. The highest BCUT2D eigenvalue weighted by Crippen LogP contribution is 2.37. The molecule has 1 nitrogen and oxygen atoms in total. The van der Waals surface area contributed by atoms with E-state index in [1.165, 1.54) is 51.4 Å². The fourth-order valence-electron chi connectivity index (χ4n) is 3.14. The third-order valence-corrected chi connectivity index (χ3v) is 4.30. The maximum absolute atomic E-state index is 5.84. The van der Waals surface area contributed by atoms with Crippen LogP contribution < -0.4 is 5.73 Å². The summed E-state index contributed by atoms with van der Waals surface area (Å²) in [7, 11) is 0. The molecule has 3 unspecified atom stereocenters. The third kappa shape index (κ3) is 4.14. The third-order valence-electron chi connectivity index (χ3n) is 4.30. The van der Waals surface area contributed by atoms with Gasteiger partial charge in [0.15, 0.2) is 0 Å². The molecule has 0 amide bonds. The zero-order valence-corrected chi connectivity index (χ0v) is 10.7. The standard InChI is InChI=1S/C14H29N/c1-3-5-7-12(4-2)10-13-8-6-9-14(13)11-15/h12-14H,3-11,15H2,1-2H3. The lowest BCUT2D eigenvalue weighted by Gasteiger charge is -2.23. The van der Waals surface area contributed by atoms with Gasteiger partial charge in [-0.3, -0.25) is 0 Å². The highest BCUT2D eigenvalue weighted by molar-refractivity contribution is 4.80. The Morgan fingerprint density at radius 3 is 2.53 bits per heavy atom. The van der Waals surface area contributed by atoms with E-state index in [0.717, 1.165) is 24.3 Å². The van der Waals surface area contributed by atoms with E-state index in [0.29, 0.717) is 0 Å². The van der Waals surface area contributed by atoms with Crippen LogP contribution in [0, 0.1) is 17.8 Å². The second-order valence-electron chi connectivity index (χ2n) is 5.34. The molecule has 1 rings (SSSR count). The number of hydrogen-bond acceptors (Lipinski definition) is 1. The molecule has 0 aromatic heterocycles. The Kier molecular flexibility index (Phi) is 6.31. The number of nitrogens with two attached hydrogens (primary N) is 1. The molecule has 0 heterocycles. The van der Waals surface area contributed by atoms with Crippen molar-refractivity contribution in [1.82, 2.24) is 0 Å². The van der Waals surface area contributed by atoms with Crippen molar-refractivity contribution < 1.29 is 0 Å². The van der Waals surface area contributed by atoms with E-state index in [9.17, 15) is 0 Å².